The highest BCUT2D eigenvalue weighted by atomic mass is 16.6. The van der Waals surface area contributed by atoms with Crippen LogP contribution in [-0.2, 0) is 28.6 Å². The standard InChI is InChI=1S/C56H108O6/c1-5-7-9-11-13-15-16-17-18-19-20-21-25-28-32-36-40-44-48-55(58)61-51-53(50-60-54(57)47-43-39-35-30-14-12-10-8-6-2)62-56(59)49-45-41-37-33-29-26-23-22-24-27-31-34-38-42-46-52(3)4/h52-53H,5-51H2,1-4H3/t53-/m0/s1. The van der Waals surface area contributed by atoms with Gasteiger partial charge < -0.3 is 14.2 Å². The summed E-state index contributed by atoms with van der Waals surface area (Å²) in [5, 5.41) is 0. The molecule has 0 spiro atoms. The van der Waals surface area contributed by atoms with Gasteiger partial charge in [0.25, 0.3) is 0 Å². The van der Waals surface area contributed by atoms with Crippen molar-refractivity contribution in [1.29, 1.82) is 0 Å². The molecule has 0 radical (unpaired) electrons. The number of carbonyl (C=O) groups excluding carboxylic acids is 3. The molecule has 0 heterocycles. The normalized spacial score (nSPS) is 12.0. The van der Waals surface area contributed by atoms with E-state index in [0.29, 0.717) is 19.3 Å². The van der Waals surface area contributed by atoms with Crippen molar-refractivity contribution in [3.63, 3.8) is 0 Å². The first-order chi connectivity index (χ1) is 30.4. The SMILES string of the molecule is CCCCCCCCCCCCCCCCCCCCC(=O)OC[C@H](COC(=O)CCCCCCCCCCC)OC(=O)CCCCCCCCCCCCCCCCC(C)C. The molecular weight excluding hydrogens is 769 g/mol. The Morgan fingerprint density at radius 3 is 0.790 bits per heavy atom. The van der Waals surface area contributed by atoms with Gasteiger partial charge in [-0.25, -0.2) is 0 Å². The van der Waals surface area contributed by atoms with Crippen LogP contribution < -0.4 is 0 Å². The number of unbranched alkanes of at least 4 members (excludes halogenated alkanes) is 38. The Bertz CT molecular complexity index is 933. The Kier molecular flexibility index (Phi) is 49.1. The average molecular weight is 877 g/mol. The molecule has 0 amide bonds. The minimum absolute atomic E-state index is 0.0623. The van der Waals surface area contributed by atoms with Gasteiger partial charge in [-0.1, -0.05) is 278 Å². The van der Waals surface area contributed by atoms with Crippen LogP contribution in [-0.4, -0.2) is 37.2 Å². The number of ether oxygens (including phenoxy) is 3. The van der Waals surface area contributed by atoms with Crippen LogP contribution >= 0.6 is 0 Å². The van der Waals surface area contributed by atoms with Crippen molar-refractivity contribution in [2.75, 3.05) is 13.2 Å². The first-order valence-corrected chi connectivity index (χ1v) is 27.9. The van der Waals surface area contributed by atoms with E-state index in [-0.39, 0.29) is 31.1 Å². The molecule has 0 bridgehead atoms. The fourth-order valence-electron chi connectivity index (χ4n) is 8.57. The van der Waals surface area contributed by atoms with Crippen LogP contribution in [0.5, 0.6) is 0 Å². The predicted molar refractivity (Wildman–Crippen MR) is 266 cm³/mol. The predicted octanol–water partition coefficient (Wildman–Crippen LogP) is 18.2. The number of rotatable bonds is 51. The van der Waals surface area contributed by atoms with Crippen molar-refractivity contribution >= 4 is 17.9 Å². The second-order valence-corrected chi connectivity index (χ2v) is 19.7. The Balaban J connectivity index is 4.22. The Morgan fingerprint density at radius 2 is 0.532 bits per heavy atom. The second kappa shape index (κ2) is 50.4. The summed E-state index contributed by atoms with van der Waals surface area (Å²) in [5.41, 5.74) is 0. The molecule has 368 valence electrons. The van der Waals surface area contributed by atoms with E-state index in [4.69, 9.17) is 14.2 Å². The molecule has 0 unspecified atom stereocenters. The molecule has 0 saturated heterocycles. The van der Waals surface area contributed by atoms with Crippen LogP contribution in [0.1, 0.15) is 317 Å². The van der Waals surface area contributed by atoms with Crippen LogP contribution in [0.25, 0.3) is 0 Å². The van der Waals surface area contributed by atoms with E-state index >= 15 is 0 Å². The van der Waals surface area contributed by atoms with E-state index in [1.165, 1.54) is 212 Å². The van der Waals surface area contributed by atoms with Crippen molar-refractivity contribution in [3.05, 3.63) is 0 Å². The van der Waals surface area contributed by atoms with Crippen LogP contribution in [0.3, 0.4) is 0 Å². The maximum Gasteiger partial charge on any atom is 0.306 e. The van der Waals surface area contributed by atoms with E-state index in [1.54, 1.807) is 0 Å². The van der Waals surface area contributed by atoms with Gasteiger partial charge in [0.2, 0.25) is 0 Å². The largest absolute Gasteiger partial charge is 0.462 e. The molecule has 0 aromatic carbocycles. The first kappa shape index (κ1) is 60.4. The van der Waals surface area contributed by atoms with Crippen molar-refractivity contribution in [2.24, 2.45) is 5.92 Å². The van der Waals surface area contributed by atoms with Gasteiger partial charge in [-0.3, -0.25) is 14.4 Å². The highest BCUT2D eigenvalue weighted by Crippen LogP contribution is 2.18. The van der Waals surface area contributed by atoms with Gasteiger partial charge in [0.15, 0.2) is 6.10 Å². The van der Waals surface area contributed by atoms with Crippen molar-refractivity contribution < 1.29 is 28.6 Å². The average Bonchev–Trinajstić information content (AvgIpc) is 3.26. The van der Waals surface area contributed by atoms with Crippen molar-refractivity contribution in [1.82, 2.24) is 0 Å². The fourth-order valence-corrected chi connectivity index (χ4v) is 8.57. The molecule has 0 fully saturated rings. The third-order valence-electron chi connectivity index (χ3n) is 12.8. The van der Waals surface area contributed by atoms with Gasteiger partial charge in [-0.2, -0.15) is 0 Å². The number of carbonyl (C=O) groups is 3. The zero-order valence-corrected chi connectivity index (χ0v) is 42.3. The zero-order valence-electron chi connectivity index (χ0n) is 42.3. The Labute approximate surface area is 387 Å². The minimum atomic E-state index is -0.760. The van der Waals surface area contributed by atoms with Crippen LogP contribution in [0, 0.1) is 5.92 Å². The molecular formula is C56H108O6. The lowest BCUT2D eigenvalue weighted by molar-refractivity contribution is -0.167. The van der Waals surface area contributed by atoms with Crippen LogP contribution in [0.4, 0.5) is 0 Å². The van der Waals surface area contributed by atoms with Crippen molar-refractivity contribution in [3.8, 4) is 0 Å². The molecule has 6 nitrogen and oxygen atoms in total. The lowest BCUT2D eigenvalue weighted by Gasteiger charge is -2.18. The summed E-state index contributed by atoms with van der Waals surface area (Å²) in [7, 11) is 0. The van der Waals surface area contributed by atoms with Gasteiger partial charge in [0.05, 0.1) is 0 Å². The van der Waals surface area contributed by atoms with Crippen LogP contribution in [0.15, 0.2) is 0 Å². The molecule has 62 heavy (non-hydrogen) atoms. The number of hydrogen-bond donors (Lipinski definition) is 0. The lowest BCUT2D eigenvalue weighted by Crippen LogP contribution is -2.30. The molecule has 0 N–H and O–H groups in total. The molecule has 0 saturated carbocycles. The third kappa shape index (κ3) is 49.4. The molecule has 6 heteroatoms. The topological polar surface area (TPSA) is 78.9 Å². The molecule has 0 aromatic rings. The molecule has 0 aromatic heterocycles. The summed E-state index contributed by atoms with van der Waals surface area (Å²) < 4.78 is 16.8. The van der Waals surface area contributed by atoms with E-state index in [2.05, 4.69) is 27.7 Å². The maximum absolute atomic E-state index is 12.8. The molecule has 0 rings (SSSR count). The maximum atomic E-state index is 12.8. The molecule has 1 atom stereocenters. The Morgan fingerprint density at radius 1 is 0.306 bits per heavy atom. The van der Waals surface area contributed by atoms with Gasteiger partial charge in [0.1, 0.15) is 13.2 Å². The van der Waals surface area contributed by atoms with Crippen LogP contribution in [0.2, 0.25) is 0 Å². The smallest absolute Gasteiger partial charge is 0.306 e. The summed E-state index contributed by atoms with van der Waals surface area (Å²) >= 11 is 0. The summed E-state index contributed by atoms with van der Waals surface area (Å²) in [5.74, 6) is 0.00186. The van der Waals surface area contributed by atoms with Gasteiger partial charge in [-0.05, 0) is 25.2 Å². The van der Waals surface area contributed by atoms with E-state index in [0.717, 1.165) is 63.7 Å². The molecule has 0 aliphatic heterocycles. The number of esters is 3. The lowest BCUT2D eigenvalue weighted by atomic mass is 10.0. The summed E-state index contributed by atoms with van der Waals surface area (Å²) in [6, 6.07) is 0. The fraction of sp³-hybridized carbons (Fsp3) is 0.946. The summed E-state index contributed by atoms with van der Waals surface area (Å²) in [6.45, 7) is 9.04. The monoisotopic (exact) mass is 877 g/mol. The van der Waals surface area contributed by atoms with Gasteiger partial charge in [0, 0.05) is 19.3 Å². The molecule has 0 aliphatic carbocycles. The molecule has 0 aliphatic rings. The van der Waals surface area contributed by atoms with Gasteiger partial charge in [-0.15, -0.1) is 0 Å². The summed E-state index contributed by atoms with van der Waals surface area (Å²) in [4.78, 5) is 38.0. The highest BCUT2D eigenvalue weighted by molar-refractivity contribution is 5.71. The first-order valence-electron chi connectivity index (χ1n) is 27.9. The van der Waals surface area contributed by atoms with Crippen molar-refractivity contribution in [2.45, 2.75) is 323 Å². The van der Waals surface area contributed by atoms with Gasteiger partial charge >= 0.3 is 17.9 Å². The number of hydrogen-bond acceptors (Lipinski definition) is 6. The Hall–Kier alpha value is -1.59. The summed E-state index contributed by atoms with van der Waals surface area (Å²) in [6.07, 6.45) is 53.8. The van der Waals surface area contributed by atoms with E-state index in [1.807, 2.05) is 0 Å². The second-order valence-electron chi connectivity index (χ2n) is 19.7. The highest BCUT2D eigenvalue weighted by Gasteiger charge is 2.19. The van der Waals surface area contributed by atoms with E-state index in [9.17, 15) is 14.4 Å². The quantitative estimate of drug-likeness (QED) is 0.0344. The van der Waals surface area contributed by atoms with E-state index < -0.39 is 6.10 Å². The zero-order chi connectivity index (χ0) is 45.2. The third-order valence-corrected chi connectivity index (χ3v) is 12.8. The minimum Gasteiger partial charge on any atom is -0.462 e.